The second-order valence-corrected chi connectivity index (χ2v) is 6.13. The van der Waals surface area contributed by atoms with Crippen LogP contribution in [0.2, 0.25) is 0 Å². The number of thiophene rings is 1. The Hall–Kier alpha value is -1.89. The van der Waals surface area contributed by atoms with Gasteiger partial charge in [-0.15, -0.1) is 11.3 Å². The summed E-state index contributed by atoms with van der Waals surface area (Å²) in [7, 11) is 1.32. The molecule has 0 aliphatic carbocycles. The number of ether oxygens (including phenoxy) is 1. The third-order valence-corrected chi connectivity index (χ3v) is 4.53. The minimum atomic E-state index is -0.349. The quantitative estimate of drug-likeness (QED) is 0.828. The number of amides is 2. The highest BCUT2D eigenvalue weighted by atomic mass is 32.1. The number of hydrogen-bond donors (Lipinski definition) is 1. The fraction of sp³-hybridized carbons (Fsp3) is 0.533. The topological polar surface area (TPSA) is 75.7 Å². The van der Waals surface area contributed by atoms with Gasteiger partial charge in [-0.25, -0.2) is 0 Å². The van der Waals surface area contributed by atoms with Crippen LogP contribution in [-0.2, 0) is 14.3 Å². The van der Waals surface area contributed by atoms with Crippen molar-refractivity contribution in [3.05, 3.63) is 22.4 Å². The molecule has 1 atom stereocenters. The van der Waals surface area contributed by atoms with E-state index < -0.39 is 0 Å². The van der Waals surface area contributed by atoms with Gasteiger partial charge in [0.1, 0.15) is 0 Å². The molecule has 1 aromatic heterocycles. The fourth-order valence-electron chi connectivity index (χ4n) is 2.47. The van der Waals surface area contributed by atoms with E-state index in [1.165, 1.54) is 18.4 Å². The van der Waals surface area contributed by atoms with Crippen LogP contribution >= 0.6 is 11.3 Å². The first-order chi connectivity index (χ1) is 10.6. The smallest absolute Gasteiger partial charge is 0.307 e. The molecule has 1 saturated heterocycles. The van der Waals surface area contributed by atoms with Gasteiger partial charge in [-0.2, -0.15) is 0 Å². The molecule has 1 aromatic rings. The number of methoxy groups -OCH3 is 1. The summed E-state index contributed by atoms with van der Waals surface area (Å²) in [6.45, 7) is 1.38. The van der Waals surface area contributed by atoms with Gasteiger partial charge in [0, 0.05) is 19.6 Å². The monoisotopic (exact) mass is 324 g/mol. The minimum Gasteiger partial charge on any atom is -0.469 e. The van der Waals surface area contributed by atoms with Gasteiger partial charge in [-0.05, 0) is 24.3 Å². The van der Waals surface area contributed by atoms with Crippen LogP contribution in [0.3, 0.4) is 0 Å². The number of nitrogens with zero attached hydrogens (tertiary/aromatic N) is 1. The molecule has 0 aromatic carbocycles. The standard InChI is InChI=1S/C15H20N2O4S/c1-21-13(18)6-7-16-14(19)11-4-2-8-17(10-11)15(20)12-5-3-9-22-12/h3,5,9,11H,2,4,6-8,10H2,1H3,(H,16,19). The Morgan fingerprint density at radius 1 is 1.45 bits per heavy atom. The van der Waals surface area contributed by atoms with Crippen molar-refractivity contribution in [1.82, 2.24) is 10.2 Å². The van der Waals surface area contributed by atoms with Gasteiger partial charge in [0.2, 0.25) is 5.91 Å². The van der Waals surface area contributed by atoms with Crippen molar-refractivity contribution in [3.8, 4) is 0 Å². The Bertz CT molecular complexity index is 530. The first-order valence-electron chi connectivity index (χ1n) is 7.29. The molecule has 0 radical (unpaired) electrons. The summed E-state index contributed by atoms with van der Waals surface area (Å²) >= 11 is 1.41. The number of piperidine rings is 1. The Morgan fingerprint density at radius 3 is 2.95 bits per heavy atom. The van der Waals surface area contributed by atoms with Crippen molar-refractivity contribution >= 4 is 29.1 Å². The molecule has 120 valence electrons. The fourth-order valence-corrected chi connectivity index (χ4v) is 3.16. The number of esters is 1. The summed E-state index contributed by atoms with van der Waals surface area (Å²) in [6.07, 6.45) is 1.73. The van der Waals surface area contributed by atoms with Gasteiger partial charge in [0.25, 0.3) is 5.91 Å². The molecule has 2 amide bonds. The second-order valence-electron chi connectivity index (χ2n) is 5.18. The van der Waals surface area contributed by atoms with Crippen molar-refractivity contribution in [2.24, 2.45) is 5.92 Å². The lowest BCUT2D eigenvalue weighted by molar-refractivity contribution is -0.140. The van der Waals surface area contributed by atoms with Crippen molar-refractivity contribution in [1.29, 1.82) is 0 Å². The summed E-state index contributed by atoms with van der Waals surface area (Å²) in [4.78, 5) is 37.9. The summed E-state index contributed by atoms with van der Waals surface area (Å²) in [5, 5.41) is 4.61. The Morgan fingerprint density at radius 2 is 2.27 bits per heavy atom. The van der Waals surface area contributed by atoms with Crippen LogP contribution in [0.15, 0.2) is 17.5 Å². The number of carbonyl (C=O) groups is 3. The van der Waals surface area contributed by atoms with E-state index in [0.29, 0.717) is 18.0 Å². The highest BCUT2D eigenvalue weighted by Gasteiger charge is 2.29. The molecule has 1 N–H and O–H groups in total. The van der Waals surface area contributed by atoms with Crippen LogP contribution in [0.25, 0.3) is 0 Å². The summed E-state index contributed by atoms with van der Waals surface area (Å²) in [6, 6.07) is 3.64. The van der Waals surface area contributed by atoms with Crippen LogP contribution in [-0.4, -0.2) is 49.4 Å². The van der Waals surface area contributed by atoms with Crippen LogP contribution in [0.5, 0.6) is 0 Å². The molecule has 22 heavy (non-hydrogen) atoms. The molecule has 2 heterocycles. The molecule has 0 saturated carbocycles. The molecule has 0 bridgehead atoms. The molecule has 0 spiro atoms. The van der Waals surface area contributed by atoms with E-state index in [-0.39, 0.29) is 36.7 Å². The van der Waals surface area contributed by atoms with Gasteiger partial charge in [-0.3, -0.25) is 14.4 Å². The van der Waals surface area contributed by atoms with E-state index >= 15 is 0 Å². The number of rotatable bonds is 5. The van der Waals surface area contributed by atoms with Crippen LogP contribution in [0, 0.1) is 5.92 Å². The first kappa shape index (κ1) is 16.5. The van der Waals surface area contributed by atoms with Crippen LogP contribution in [0.4, 0.5) is 0 Å². The number of likely N-dealkylation sites (tertiary alicyclic amines) is 1. The summed E-state index contributed by atoms with van der Waals surface area (Å²) in [5.74, 6) is -0.677. The van der Waals surface area contributed by atoms with E-state index in [2.05, 4.69) is 10.1 Å². The lowest BCUT2D eigenvalue weighted by Gasteiger charge is -2.31. The molecule has 7 heteroatoms. The average Bonchev–Trinajstić information content (AvgIpc) is 3.08. The highest BCUT2D eigenvalue weighted by Crippen LogP contribution is 2.20. The maximum Gasteiger partial charge on any atom is 0.307 e. The predicted molar refractivity (Wildman–Crippen MR) is 82.6 cm³/mol. The van der Waals surface area contributed by atoms with Crippen molar-refractivity contribution in [2.45, 2.75) is 19.3 Å². The van der Waals surface area contributed by atoms with Gasteiger partial charge >= 0.3 is 5.97 Å². The SMILES string of the molecule is COC(=O)CCNC(=O)C1CCCN(C(=O)c2cccs2)C1. The molecular formula is C15H20N2O4S. The van der Waals surface area contributed by atoms with Gasteiger partial charge in [0.15, 0.2) is 0 Å². The molecule has 1 fully saturated rings. The van der Waals surface area contributed by atoms with Gasteiger partial charge < -0.3 is 15.0 Å². The number of nitrogens with one attached hydrogen (secondary N) is 1. The minimum absolute atomic E-state index is 0.0120. The number of carbonyl (C=O) groups excluding carboxylic acids is 3. The van der Waals surface area contributed by atoms with Crippen molar-refractivity contribution in [3.63, 3.8) is 0 Å². The first-order valence-corrected chi connectivity index (χ1v) is 8.17. The molecular weight excluding hydrogens is 304 g/mol. The maximum absolute atomic E-state index is 12.3. The average molecular weight is 324 g/mol. The molecule has 2 rings (SSSR count). The van der Waals surface area contributed by atoms with E-state index in [9.17, 15) is 14.4 Å². The van der Waals surface area contributed by atoms with E-state index in [1.807, 2.05) is 11.4 Å². The third-order valence-electron chi connectivity index (χ3n) is 3.67. The molecule has 1 aliphatic rings. The Labute approximate surface area is 133 Å². The third kappa shape index (κ3) is 4.30. The summed E-state index contributed by atoms with van der Waals surface area (Å²) in [5.41, 5.74) is 0. The van der Waals surface area contributed by atoms with E-state index in [1.54, 1.807) is 11.0 Å². The predicted octanol–water partition coefficient (Wildman–Crippen LogP) is 1.28. The molecule has 1 unspecified atom stereocenters. The van der Waals surface area contributed by atoms with Crippen LogP contribution in [0.1, 0.15) is 28.9 Å². The van der Waals surface area contributed by atoms with Gasteiger partial charge in [-0.1, -0.05) is 6.07 Å². The number of hydrogen-bond acceptors (Lipinski definition) is 5. The van der Waals surface area contributed by atoms with E-state index in [4.69, 9.17) is 0 Å². The molecule has 6 nitrogen and oxygen atoms in total. The summed E-state index contributed by atoms with van der Waals surface area (Å²) < 4.78 is 4.53. The lowest BCUT2D eigenvalue weighted by atomic mass is 9.97. The zero-order chi connectivity index (χ0) is 15.9. The van der Waals surface area contributed by atoms with Crippen LogP contribution < -0.4 is 5.32 Å². The van der Waals surface area contributed by atoms with Crippen molar-refractivity contribution < 1.29 is 19.1 Å². The van der Waals surface area contributed by atoms with Gasteiger partial charge in [0.05, 0.1) is 24.3 Å². The highest BCUT2D eigenvalue weighted by molar-refractivity contribution is 7.12. The second kappa shape index (κ2) is 7.93. The Kier molecular flexibility index (Phi) is 5.94. The Balaban J connectivity index is 1.83. The van der Waals surface area contributed by atoms with E-state index in [0.717, 1.165) is 12.8 Å². The zero-order valence-electron chi connectivity index (χ0n) is 12.5. The maximum atomic E-state index is 12.3. The largest absolute Gasteiger partial charge is 0.469 e. The molecule has 1 aliphatic heterocycles. The van der Waals surface area contributed by atoms with Crippen molar-refractivity contribution in [2.75, 3.05) is 26.7 Å². The zero-order valence-corrected chi connectivity index (χ0v) is 13.4. The lowest BCUT2D eigenvalue weighted by Crippen LogP contribution is -2.45. The normalized spacial score (nSPS) is 17.9.